The number of para-hydroxylation sites is 2. The molecular formula is C37H33N6O3+. The number of hydrogen-bond donors (Lipinski definition) is 1. The minimum absolute atomic E-state index is 0.0882. The third-order valence-electron chi connectivity index (χ3n) is 8.85. The number of hydrogen-bond acceptors (Lipinski definition) is 5. The van der Waals surface area contributed by atoms with Crippen molar-refractivity contribution in [3.63, 3.8) is 0 Å². The maximum absolute atomic E-state index is 15.2. The highest BCUT2D eigenvalue weighted by Gasteiger charge is 2.62. The summed E-state index contributed by atoms with van der Waals surface area (Å²) in [6, 6.07) is 31.1. The van der Waals surface area contributed by atoms with E-state index in [1.807, 2.05) is 90.6 Å². The number of rotatable bonds is 10. The van der Waals surface area contributed by atoms with Crippen molar-refractivity contribution < 1.29 is 14.3 Å². The highest BCUT2D eigenvalue weighted by molar-refractivity contribution is 6.13. The number of aryl methyl sites for hydroxylation is 1. The topological polar surface area (TPSA) is 120 Å². The molecule has 2 unspecified atom stereocenters. The number of benzene rings is 4. The van der Waals surface area contributed by atoms with E-state index in [9.17, 15) is 15.4 Å². The highest BCUT2D eigenvalue weighted by Crippen LogP contribution is 2.54. The fourth-order valence-corrected chi connectivity index (χ4v) is 6.74. The first-order valence-corrected chi connectivity index (χ1v) is 15.3. The number of carbonyl (C=O) groups excluding carboxylic acids is 1. The Labute approximate surface area is 266 Å². The molecule has 1 aromatic heterocycles. The maximum atomic E-state index is 15.2. The first-order valence-electron chi connectivity index (χ1n) is 15.3. The first kappa shape index (κ1) is 30.2. The quantitative estimate of drug-likeness (QED) is 0.0633. The summed E-state index contributed by atoms with van der Waals surface area (Å²) < 4.78 is 4.09. The molecule has 1 aliphatic heterocycles. The van der Waals surface area contributed by atoms with Crippen molar-refractivity contribution >= 4 is 34.2 Å². The number of imidazole rings is 1. The summed E-state index contributed by atoms with van der Waals surface area (Å²) in [5.74, 6) is 2.05. The van der Waals surface area contributed by atoms with Crippen molar-refractivity contribution in [1.29, 1.82) is 10.7 Å². The Morgan fingerprint density at radius 1 is 1.04 bits per heavy atom. The van der Waals surface area contributed by atoms with Gasteiger partial charge in [-0.05, 0) is 60.7 Å². The molecular weight excluding hydrogens is 576 g/mol. The van der Waals surface area contributed by atoms with Crippen LogP contribution in [-0.2, 0) is 16.8 Å². The second kappa shape index (κ2) is 12.3. The number of nitro benzene ring substituents is 1. The molecule has 1 amide bonds. The smallest absolute Gasteiger partial charge is 0.269 e. The van der Waals surface area contributed by atoms with E-state index >= 15 is 4.79 Å². The number of non-ortho nitro benzene ring substituents is 1. The van der Waals surface area contributed by atoms with Crippen molar-refractivity contribution in [2.75, 3.05) is 11.4 Å². The van der Waals surface area contributed by atoms with Gasteiger partial charge in [0.1, 0.15) is 18.2 Å². The zero-order valence-corrected chi connectivity index (χ0v) is 25.7. The molecule has 0 bridgehead atoms. The van der Waals surface area contributed by atoms with Crippen molar-refractivity contribution in [3.8, 4) is 6.07 Å². The van der Waals surface area contributed by atoms with Crippen LogP contribution in [0.1, 0.15) is 48.1 Å². The van der Waals surface area contributed by atoms with Crippen LogP contribution in [0.3, 0.4) is 0 Å². The van der Waals surface area contributed by atoms with Gasteiger partial charge in [0.05, 0.1) is 4.92 Å². The summed E-state index contributed by atoms with van der Waals surface area (Å²) in [5.41, 5.74) is 3.67. The molecule has 1 N–H and O–H groups in total. The van der Waals surface area contributed by atoms with Gasteiger partial charge < -0.3 is 4.90 Å². The van der Waals surface area contributed by atoms with Crippen LogP contribution in [0, 0.1) is 33.8 Å². The Bertz CT molecular complexity index is 2050. The SMILES string of the molecule is CCCCN1C(=O)C(C(=C=N)C#N)(C(c2ccc([N+](=O)[O-])cc2)n2c[n+](Cc3ccccc3)c3ccccc32)c2cc(C)ccc21. The Balaban J connectivity index is 1.72. The maximum Gasteiger partial charge on any atom is 0.269 e. The van der Waals surface area contributed by atoms with E-state index in [1.165, 1.54) is 12.1 Å². The summed E-state index contributed by atoms with van der Waals surface area (Å²) >= 11 is 0. The minimum atomic E-state index is -1.69. The number of aromatic nitrogens is 2. The number of nitrogens with one attached hydrogen (secondary N) is 1. The number of carbonyl (C=O) groups is 1. The van der Waals surface area contributed by atoms with E-state index in [-0.39, 0.29) is 17.2 Å². The van der Waals surface area contributed by atoms with Crippen molar-refractivity contribution in [1.82, 2.24) is 4.57 Å². The van der Waals surface area contributed by atoms with Crippen molar-refractivity contribution in [2.24, 2.45) is 0 Å². The third-order valence-corrected chi connectivity index (χ3v) is 8.85. The summed E-state index contributed by atoms with van der Waals surface area (Å²) in [4.78, 5) is 28.1. The van der Waals surface area contributed by atoms with Crippen LogP contribution < -0.4 is 9.47 Å². The van der Waals surface area contributed by atoms with Crippen LogP contribution in [0.5, 0.6) is 0 Å². The van der Waals surface area contributed by atoms with E-state index < -0.39 is 16.4 Å². The zero-order chi connectivity index (χ0) is 32.4. The van der Waals surface area contributed by atoms with Gasteiger partial charge in [0.25, 0.3) is 5.69 Å². The molecule has 9 nitrogen and oxygen atoms in total. The molecule has 0 spiro atoms. The largest absolute Gasteiger partial charge is 0.311 e. The van der Waals surface area contributed by atoms with Crippen LogP contribution in [0.25, 0.3) is 11.0 Å². The van der Waals surface area contributed by atoms with E-state index in [0.717, 1.165) is 35.0 Å². The number of nitriles is 1. The van der Waals surface area contributed by atoms with Gasteiger partial charge in [0, 0.05) is 29.9 Å². The highest BCUT2D eigenvalue weighted by atomic mass is 16.6. The monoisotopic (exact) mass is 609 g/mol. The second-order valence-electron chi connectivity index (χ2n) is 11.6. The molecule has 46 heavy (non-hydrogen) atoms. The van der Waals surface area contributed by atoms with Crippen LogP contribution in [0.4, 0.5) is 11.4 Å². The number of unbranched alkanes of at least 4 members (excludes halogenated alkanes) is 1. The van der Waals surface area contributed by atoms with Crippen LogP contribution in [0.2, 0.25) is 0 Å². The molecule has 0 aliphatic carbocycles. The van der Waals surface area contributed by atoms with E-state index in [0.29, 0.717) is 29.9 Å². The molecule has 1 aliphatic rings. The number of nitro groups is 1. The standard InChI is InChI=1S/C37H33N6O3/c1-3-4-20-41-32-19-14-26(2)21-31(32)37(36(41)44,29(22-38)23-39)35(28-15-17-30(18-16-28)43(45)46)42-25-40(24-27-10-6-5-7-11-27)33-12-8-9-13-34(33)42/h5-19,21,25,35,38H,3-4,20,24H2,1-2H3/q+1. The summed E-state index contributed by atoms with van der Waals surface area (Å²) in [5, 5.41) is 30.7. The molecule has 2 atom stereocenters. The van der Waals surface area contributed by atoms with E-state index in [1.54, 1.807) is 17.0 Å². The first-order chi connectivity index (χ1) is 22.3. The van der Waals surface area contributed by atoms with Gasteiger partial charge in [-0.15, -0.1) is 0 Å². The Morgan fingerprint density at radius 2 is 1.76 bits per heavy atom. The molecule has 0 saturated heterocycles. The van der Waals surface area contributed by atoms with Crippen molar-refractivity contribution in [2.45, 2.75) is 44.7 Å². The Hall–Kier alpha value is -5.84. The van der Waals surface area contributed by atoms with Gasteiger partial charge >= 0.3 is 0 Å². The predicted molar refractivity (Wildman–Crippen MR) is 176 cm³/mol. The van der Waals surface area contributed by atoms with Gasteiger partial charge in [-0.3, -0.25) is 20.3 Å². The lowest BCUT2D eigenvalue weighted by atomic mass is 9.67. The van der Waals surface area contributed by atoms with Gasteiger partial charge in [-0.25, -0.2) is 9.13 Å². The molecule has 4 aromatic carbocycles. The lowest BCUT2D eigenvalue weighted by Crippen LogP contribution is -2.49. The fourth-order valence-electron chi connectivity index (χ4n) is 6.74. The average Bonchev–Trinajstić information content (AvgIpc) is 3.54. The summed E-state index contributed by atoms with van der Waals surface area (Å²) in [6.07, 6.45) is 3.55. The molecule has 0 radical (unpaired) electrons. The molecule has 0 saturated carbocycles. The number of fused-ring (bicyclic) bond motifs is 2. The molecule has 228 valence electrons. The molecule has 6 rings (SSSR count). The molecule has 2 heterocycles. The normalized spacial score (nSPS) is 16.1. The zero-order valence-electron chi connectivity index (χ0n) is 25.7. The third kappa shape index (κ3) is 4.86. The van der Waals surface area contributed by atoms with Gasteiger partial charge in [-0.1, -0.05) is 73.5 Å². The fraction of sp³-hybridized carbons (Fsp3) is 0.216. The van der Waals surface area contributed by atoms with E-state index in [4.69, 9.17) is 5.41 Å². The Kier molecular flexibility index (Phi) is 8.06. The lowest BCUT2D eigenvalue weighted by Gasteiger charge is -2.34. The van der Waals surface area contributed by atoms with Crippen LogP contribution in [0.15, 0.2) is 109 Å². The minimum Gasteiger partial charge on any atom is -0.311 e. The summed E-state index contributed by atoms with van der Waals surface area (Å²) in [6.45, 7) is 4.98. The van der Waals surface area contributed by atoms with Crippen LogP contribution in [-0.4, -0.2) is 27.8 Å². The van der Waals surface area contributed by atoms with Gasteiger partial charge in [0.15, 0.2) is 22.5 Å². The molecule has 5 aromatic rings. The molecule has 9 heteroatoms. The van der Waals surface area contributed by atoms with Gasteiger partial charge in [-0.2, -0.15) is 5.26 Å². The molecule has 0 fully saturated rings. The number of amides is 1. The Morgan fingerprint density at radius 3 is 2.43 bits per heavy atom. The number of anilines is 1. The van der Waals surface area contributed by atoms with Crippen molar-refractivity contribution in [3.05, 3.63) is 141 Å². The van der Waals surface area contributed by atoms with E-state index in [2.05, 4.69) is 23.4 Å². The lowest BCUT2D eigenvalue weighted by molar-refractivity contribution is -0.663. The van der Waals surface area contributed by atoms with Gasteiger partial charge in [0.2, 0.25) is 12.2 Å². The predicted octanol–water partition coefficient (Wildman–Crippen LogP) is 6.57. The van der Waals surface area contributed by atoms with Crippen LogP contribution >= 0.6 is 0 Å². The second-order valence-corrected chi connectivity index (χ2v) is 11.6. The number of nitrogens with zero attached hydrogens (tertiary/aromatic N) is 5. The summed E-state index contributed by atoms with van der Waals surface area (Å²) in [7, 11) is 0. The average molecular weight is 610 g/mol.